The second kappa shape index (κ2) is 5.66. The van der Waals surface area contributed by atoms with Gasteiger partial charge in [-0.3, -0.25) is 5.10 Å². The maximum atomic E-state index is 10.3. The van der Waals surface area contributed by atoms with Gasteiger partial charge in [-0.15, -0.1) is 0 Å². The minimum atomic E-state index is -0.368. The molecule has 0 bridgehead atoms. The zero-order chi connectivity index (χ0) is 15.8. The van der Waals surface area contributed by atoms with Crippen LogP contribution in [0.15, 0.2) is 36.5 Å². The molecule has 0 aliphatic carbocycles. The molecule has 2 N–H and O–H groups in total. The first-order chi connectivity index (χ1) is 11.2. The molecule has 5 nitrogen and oxygen atoms in total. The van der Waals surface area contributed by atoms with E-state index in [0.29, 0.717) is 0 Å². The van der Waals surface area contributed by atoms with Crippen LogP contribution in [-0.2, 0) is 6.54 Å². The van der Waals surface area contributed by atoms with Crippen LogP contribution in [0.1, 0.15) is 35.8 Å². The molecule has 0 spiro atoms. The summed E-state index contributed by atoms with van der Waals surface area (Å²) in [6.07, 6.45) is 3.32. The van der Waals surface area contributed by atoms with Crippen LogP contribution in [0.25, 0.3) is 11.0 Å². The lowest BCUT2D eigenvalue weighted by Crippen LogP contribution is -2.23. The lowest BCUT2D eigenvalue weighted by molar-refractivity contribution is 0.168. The molecule has 4 rings (SSSR count). The van der Waals surface area contributed by atoms with Crippen molar-refractivity contribution in [2.75, 3.05) is 11.4 Å². The van der Waals surface area contributed by atoms with E-state index in [4.69, 9.17) is 0 Å². The van der Waals surface area contributed by atoms with Crippen LogP contribution >= 0.6 is 0 Å². The third-order valence-corrected chi connectivity index (χ3v) is 4.57. The van der Waals surface area contributed by atoms with Gasteiger partial charge < -0.3 is 10.0 Å². The fraction of sp³-hybridized carbons (Fsp3) is 0.333. The van der Waals surface area contributed by atoms with Crippen LogP contribution in [-0.4, -0.2) is 26.8 Å². The van der Waals surface area contributed by atoms with Crippen molar-refractivity contribution in [1.82, 2.24) is 15.2 Å². The van der Waals surface area contributed by atoms with Gasteiger partial charge >= 0.3 is 0 Å². The molecule has 3 heterocycles. The van der Waals surface area contributed by atoms with Gasteiger partial charge in [0.1, 0.15) is 0 Å². The second-order valence-electron chi connectivity index (χ2n) is 6.20. The zero-order valence-electron chi connectivity index (χ0n) is 13.2. The second-order valence-corrected chi connectivity index (χ2v) is 6.20. The SMILES string of the molecule is Cc1[nH]nc2ncc(CN3CCCC(O)c4ccccc43)cc12. The van der Waals surface area contributed by atoms with Crippen molar-refractivity contribution >= 4 is 16.7 Å². The number of H-pyrrole nitrogens is 1. The number of rotatable bonds is 2. The molecule has 0 fully saturated rings. The van der Waals surface area contributed by atoms with E-state index < -0.39 is 0 Å². The van der Waals surface area contributed by atoms with Crippen molar-refractivity contribution in [2.45, 2.75) is 32.4 Å². The molecule has 23 heavy (non-hydrogen) atoms. The van der Waals surface area contributed by atoms with E-state index >= 15 is 0 Å². The number of hydrogen-bond acceptors (Lipinski definition) is 4. The topological polar surface area (TPSA) is 65.0 Å². The van der Waals surface area contributed by atoms with Crippen LogP contribution in [0.3, 0.4) is 0 Å². The van der Waals surface area contributed by atoms with E-state index in [0.717, 1.165) is 59.5 Å². The summed E-state index contributed by atoms with van der Waals surface area (Å²) in [6, 6.07) is 10.3. The van der Waals surface area contributed by atoms with Crippen LogP contribution in [0.5, 0.6) is 0 Å². The molecule has 5 heteroatoms. The van der Waals surface area contributed by atoms with Crippen molar-refractivity contribution < 1.29 is 5.11 Å². The Labute approximate surface area is 135 Å². The molecule has 2 aromatic heterocycles. The normalized spacial score (nSPS) is 18.0. The molecule has 0 radical (unpaired) electrons. The highest BCUT2D eigenvalue weighted by molar-refractivity contribution is 5.77. The summed E-state index contributed by atoms with van der Waals surface area (Å²) in [4.78, 5) is 6.78. The Kier molecular flexibility index (Phi) is 3.50. The molecule has 1 atom stereocenters. The predicted octanol–water partition coefficient (Wildman–Crippen LogP) is 3.10. The molecular weight excluding hydrogens is 288 g/mol. The Morgan fingerprint density at radius 2 is 2.22 bits per heavy atom. The first-order valence-electron chi connectivity index (χ1n) is 8.04. The van der Waals surface area contributed by atoms with E-state index in [1.165, 1.54) is 0 Å². The van der Waals surface area contributed by atoms with Crippen molar-refractivity contribution in [3.8, 4) is 0 Å². The Bertz CT molecular complexity index is 842. The summed E-state index contributed by atoms with van der Waals surface area (Å²) in [5, 5.41) is 18.6. The number of aryl methyl sites for hydroxylation is 1. The molecule has 0 saturated carbocycles. The molecule has 1 aliphatic heterocycles. The van der Waals surface area contributed by atoms with Gasteiger partial charge in [0.25, 0.3) is 0 Å². The largest absolute Gasteiger partial charge is 0.388 e. The van der Waals surface area contributed by atoms with Gasteiger partial charge in [-0.05, 0) is 37.5 Å². The number of aliphatic hydroxyl groups is 1. The van der Waals surface area contributed by atoms with E-state index in [-0.39, 0.29) is 6.10 Å². The maximum Gasteiger partial charge on any atom is 0.181 e. The number of pyridine rings is 1. The highest BCUT2D eigenvalue weighted by atomic mass is 16.3. The lowest BCUT2D eigenvalue weighted by atomic mass is 10.0. The van der Waals surface area contributed by atoms with Crippen molar-refractivity contribution in [1.29, 1.82) is 0 Å². The average molecular weight is 308 g/mol. The monoisotopic (exact) mass is 308 g/mol. The van der Waals surface area contributed by atoms with Crippen LogP contribution < -0.4 is 4.90 Å². The molecule has 1 aromatic carbocycles. The molecule has 0 saturated heterocycles. The van der Waals surface area contributed by atoms with Crippen molar-refractivity contribution in [3.63, 3.8) is 0 Å². The maximum absolute atomic E-state index is 10.3. The fourth-order valence-corrected chi connectivity index (χ4v) is 3.34. The molecule has 3 aromatic rings. The number of nitrogens with one attached hydrogen (secondary N) is 1. The van der Waals surface area contributed by atoms with Crippen LogP contribution in [0.2, 0.25) is 0 Å². The zero-order valence-corrected chi connectivity index (χ0v) is 13.2. The van der Waals surface area contributed by atoms with Crippen LogP contribution in [0.4, 0.5) is 5.69 Å². The van der Waals surface area contributed by atoms with E-state index in [1.807, 2.05) is 31.3 Å². The summed E-state index contributed by atoms with van der Waals surface area (Å²) in [5.74, 6) is 0. The quantitative estimate of drug-likeness (QED) is 0.763. The van der Waals surface area contributed by atoms with Gasteiger partial charge in [0, 0.05) is 41.6 Å². The highest BCUT2D eigenvalue weighted by Gasteiger charge is 2.21. The Morgan fingerprint density at radius 1 is 1.35 bits per heavy atom. The van der Waals surface area contributed by atoms with Gasteiger partial charge in [-0.25, -0.2) is 4.98 Å². The standard InChI is InChI=1S/C18H20N4O/c1-12-15-9-13(10-19-18(15)21-20-12)11-22-8-4-7-17(23)14-5-2-3-6-16(14)22/h2-3,5-6,9-10,17,23H,4,7-8,11H2,1H3,(H,19,20,21). The summed E-state index contributed by atoms with van der Waals surface area (Å²) in [6.45, 7) is 3.74. The molecule has 118 valence electrons. The Balaban J connectivity index is 1.69. The number of fused-ring (bicyclic) bond motifs is 2. The predicted molar refractivity (Wildman–Crippen MR) is 90.3 cm³/mol. The first kappa shape index (κ1) is 14.2. The van der Waals surface area contributed by atoms with E-state index in [2.05, 4.69) is 32.2 Å². The molecule has 1 unspecified atom stereocenters. The number of hydrogen-bond donors (Lipinski definition) is 2. The number of aromatic nitrogens is 3. The summed E-state index contributed by atoms with van der Waals surface area (Å²) in [5.41, 5.74) is 5.12. The number of aliphatic hydroxyl groups excluding tert-OH is 1. The minimum Gasteiger partial charge on any atom is -0.388 e. The molecule has 1 aliphatic rings. The van der Waals surface area contributed by atoms with E-state index in [1.54, 1.807) is 0 Å². The summed E-state index contributed by atoms with van der Waals surface area (Å²) in [7, 11) is 0. The minimum absolute atomic E-state index is 0.368. The van der Waals surface area contributed by atoms with Crippen molar-refractivity contribution in [2.24, 2.45) is 0 Å². The number of benzene rings is 1. The van der Waals surface area contributed by atoms with Gasteiger partial charge in [0.15, 0.2) is 5.65 Å². The fourth-order valence-electron chi connectivity index (χ4n) is 3.34. The Hall–Kier alpha value is -2.40. The van der Waals surface area contributed by atoms with Gasteiger partial charge in [-0.2, -0.15) is 5.10 Å². The third kappa shape index (κ3) is 2.57. The van der Waals surface area contributed by atoms with Crippen LogP contribution in [0, 0.1) is 6.92 Å². The summed E-state index contributed by atoms with van der Waals surface area (Å²) >= 11 is 0. The number of nitrogens with zero attached hydrogens (tertiary/aromatic N) is 3. The number of anilines is 1. The highest BCUT2D eigenvalue weighted by Crippen LogP contribution is 2.33. The summed E-state index contributed by atoms with van der Waals surface area (Å²) < 4.78 is 0. The molecular formula is C18H20N4O. The van der Waals surface area contributed by atoms with Gasteiger partial charge in [0.2, 0.25) is 0 Å². The number of aromatic amines is 1. The van der Waals surface area contributed by atoms with E-state index in [9.17, 15) is 5.11 Å². The third-order valence-electron chi connectivity index (χ3n) is 4.57. The smallest absolute Gasteiger partial charge is 0.181 e. The average Bonchev–Trinajstić information content (AvgIpc) is 2.86. The lowest BCUT2D eigenvalue weighted by Gasteiger charge is -2.25. The number of para-hydroxylation sites is 1. The first-order valence-corrected chi connectivity index (χ1v) is 8.04. The Morgan fingerprint density at radius 3 is 3.13 bits per heavy atom. The molecule has 0 amide bonds. The van der Waals surface area contributed by atoms with Crippen molar-refractivity contribution in [3.05, 3.63) is 53.3 Å². The van der Waals surface area contributed by atoms with Gasteiger partial charge in [-0.1, -0.05) is 18.2 Å². The van der Waals surface area contributed by atoms with Gasteiger partial charge in [0.05, 0.1) is 6.10 Å².